The Morgan fingerprint density at radius 3 is 2.11 bits per heavy atom. The summed E-state index contributed by atoms with van der Waals surface area (Å²) in [6, 6.07) is 21.3. The third-order valence-electron chi connectivity index (χ3n) is 7.85. The molecule has 4 unspecified atom stereocenters. The van der Waals surface area contributed by atoms with Crippen molar-refractivity contribution in [2.75, 3.05) is 13.2 Å². The van der Waals surface area contributed by atoms with Crippen molar-refractivity contribution in [2.45, 2.75) is 96.0 Å². The molecule has 2 heterocycles. The second-order valence-corrected chi connectivity index (χ2v) is 16.7. The van der Waals surface area contributed by atoms with Crippen molar-refractivity contribution in [3.63, 3.8) is 0 Å². The Bertz CT molecular complexity index is 944. The molecule has 0 amide bonds. The number of nitrogens with zero attached hydrogens (tertiary/aromatic N) is 1. The van der Waals surface area contributed by atoms with Gasteiger partial charge in [-0.05, 0) is 43.1 Å². The van der Waals surface area contributed by atoms with Crippen molar-refractivity contribution in [1.82, 2.24) is 4.90 Å². The molecule has 0 N–H and O–H groups in total. The predicted molar refractivity (Wildman–Crippen MR) is 143 cm³/mol. The molecule has 2 saturated heterocycles. The summed E-state index contributed by atoms with van der Waals surface area (Å²) in [6.45, 7) is 18.1. The van der Waals surface area contributed by atoms with Crippen LogP contribution in [0.1, 0.15) is 45.7 Å². The Kier molecular flexibility index (Phi) is 7.91. The lowest BCUT2D eigenvalue weighted by Gasteiger charge is -2.57. The van der Waals surface area contributed by atoms with E-state index in [0.29, 0.717) is 19.8 Å². The van der Waals surface area contributed by atoms with Gasteiger partial charge in [0.2, 0.25) is 0 Å². The van der Waals surface area contributed by atoms with E-state index in [-0.39, 0.29) is 29.3 Å². The molecule has 6 heteroatoms. The maximum Gasteiger partial charge on any atom is 0.192 e. The summed E-state index contributed by atoms with van der Waals surface area (Å²) in [6.07, 6.45) is -0.0372. The molecule has 0 radical (unpaired) electrons. The SMILES string of the molecule is CC1(C)OCC(C2C(OCc3ccccc3)C(CO[Si](C)(C)C(C)(C)C)N2Cc2ccccc2)O1. The summed E-state index contributed by atoms with van der Waals surface area (Å²) < 4.78 is 25.8. The van der Waals surface area contributed by atoms with Crippen LogP contribution < -0.4 is 0 Å². The van der Waals surface area contributed by atoms with E-state index in [1.807, 2.05) is 19.9 Å². The second kappa shape index (κ2) is 10.4. The molecule has 4 rings (SSSR count). The van der Waals surface area contributed by atoms with Gasteiger partial charge in [-0.1, -0.05) is 81.4 Å². The zero-order valence-corrected chi connectivity index (χ0v) is 23.5. The number of benzene rings is 2. The fraction of sp³-hybridized carbons (Fsp3) is 0.586. The molecule has 0 saturated carbocycles. The van der Waals surface area contributed by atoms with Gasteiger partial charge in [0.25, 0.3) is 0 Å². The molecule has 4 atom stereocenters. The monoisotopic (exact) mass is 497 g/mol. The predicted octanol–water partition coefficient (Wildman–Crippen LogP) is 6.00. The van der Waals surface area contributed by atoms with E-state index in [2.05, 4.69) is 93.4 Å². The van der Waals surface area contributed by atoms with Crippen LogP contribution in [-0.4, -0.2) is 56.5 Å². The molecule has 35 heavy (non-hydrogen) atoms. The Labute approximate surface area is 212 Å². The smallest absolute Gasteiger partial charge is 0.192 e. The van der Waals surface area contributed by atoms with Gasteiger partial charge in [-0.15, -0.1) is 0 Å². The quantitative estimate of drug-likeness (QED) is 0.398. The lowest BCUT2D eigenvalue weighted by molar-refractivity contribution is -0.217. The van der Waals surface area contributed by atoms with E-state index >= 15 is 0 Å². The van der Waals surface area contributed by atoms with Gasteiger partial charge in [0.1, 0.15) is 6.10 Å². The van der Waals surface area contributed by atoms with Crippen LogP contribution in [0.4, 0.5) is 0 Å². The van der Waals surface area contributed by atoms with Crippen LogP contribution >= 0.6 is 0 Å². The van der Waals surface area contributed by atoms with Crippen molar-refractivity contribution in [1.29, 1.82) is 0 Å². The molecule has 2 aromatic rings. The van der Waals surface area contributed by atoms with Gasteiger partial charge in [0.05, 0.1) is 38.0 Å². The van der Waals surface area contributed by atoms with Crippen LogP contribution in [0.15, 0.2) is 60.7 Å². The highest BCUT2D eigenvalue weighted by molar-refractivity contribution is 6.74. The van der Waals surface area contributed by atoms with Crippen LogP contribution in [0.25, 0.3) is 0 Å². The average Bonchev–Trinajstić information content (AvgIpc) is 3.15. The van der Waals surface area contributed by atoms with Crippen LogP contribution in [0.5, 0.6) is 0 Å². The molecule has 2 aliphatic heterocycles. The highest BCUT2D eigenvalue weighted by atomic mass is 28.4. The molecule has 0 aliphatic carbocycles. The summed E-state index contributed by atoms with van der Waals surface area (Å²) in [5.41, 5.74) is 2.47. The van der Waals surface area contributed by atoms with Gasteiger partial charge in [-0.25, -0.2) is 0 Å². The number of hydrogen-bond donors (Lipinski definition) is 0. The number of likely N-dealkylation sites (tertiary alicyclic amines) is 1. The van der Waals surface area contributed by atoms with Crippen LogP contribution in [0.2, 0.25) is 18.1 Å². The molecule has 2 aliphatic rings. The van der Waals surface area contributed by atoms with Crippen molar-refractivity contribution < 1.29 is 18.6 Å². The average molecular weight is 498 g/mol. The van der Waals surface area contributed by atoms with Gasteiger partial charge in [-0.2, -0.15) is 0 Å². The van der Waals surface area contributed by atoms with Crippen LogP contribution in [0.3, 0.4) is 0 Å². The zero-order valence-electron chi connectivity index (χ0n) is 22.5. The molecule has 5 nitrogen and oxygen atoms in total. The lowest BCUT2D eigenvalue weighted by Crippen LogP contribution is -2.73. The van der Waals surface area contributed by atoms with Gasteiger partial charge < -0.3 is 18.6 Å². The van der Waals surface area contributed by atoms with E-state index < -0.39 is 14.1 Å². The molecule has 0 spiro atoms. The first kappa shape index (κ1) is 26.5. The number of hydrogen-bond acceptors (Lipinski definition) is 5. The maximum absolute atomic E-state index is 6.75. The van der Waals surface area contributed by atoms with Gasteiger partial charge >= 0.3 is 0 Å². The third kappa shape index (κ3) is 6.24. The topological polar surface area (TPSA) is 40.2 Å². The minimum Gasteiger partial charge on any atom is -0.415 e. The molecule has 0 aromatic heterocycles. The fourth-order valence-corrected chi connectivity index (χ4v) is 5.75. The fourth-order valence-electron chi connectivity index (χ4n) is 4.73. The summed E-state index contributed by atoms with van der Waals surface area (Å²) in [5.74, 6) is -0.574. The van der Waals surface area contributed by atoms with Gasteiger partial charge in [0.15, 0.2) is 14.1 Å². The standard InChI is InChI=1S/C29H43NO4Si/c1-28(2,3)35(6,7)33-20-24-27(31-19-23-16-12-9-13-17-23)26(25-21-32-29(4,5)34-25)30(24)18-22-14-10-8-11-15-22/h8-17,24-27H,18-21H2,1-7H3. The largest absolute Gasteiger partial charge is 0.415 e. The van der Waals surface area contributed by atoms with Crippen molar-refractivity contribution in [2.24, 2.45) is 0 Å². The maximum atomic E-state index is 6.75. The first-order chi connectivity index (χ1) is 16.5. The Hall–Kier alpha value is -1.54. The zero-order chi connectivity index (χ0) is 25.3. The summed E-state index contributed by atoms with van der Waals surface area (Å²) in [5, 5.41) is 0.160. The summed E-state index contributed by atoms with van der Waals surface area (Å²) >= 11 is 0. The molecular weight excluding hydrogens is 454 g/mol. The lowest BCUT2D eigenvalue weighted by atomic mass is 9.84. The summed E-state index contributed by atoms with van der Waals surface area (Å²) in [7, 11) is -1.90. The van der Waals surface area contributed by atoms with Crippen LogP contribution in [-0.2, 0) is 31.8 Å². The Morgan fingerprint density at radius 2 is 1.57 bits per heavy atom. The highest BCUT2D eigenvalue weighted by Gasteiger charge is 2.56. The van der Waals surface area contributed by atoms with Gasteiger partial charge in [-0.3, -0.25) is 4.90 Å². The number of rotatable bonds is 9. The molecular formula is C29H43NO4Si. The Balaban J connectivity index is 1.58. The molecule has 0 bridgehead atoms. The van der Waals surface area contributed by atoms with E-state index in [4.69, 9.17) is 18.6 Å². The normalized spacial score (nSPS) is 27.1. The minimum atomic E-state index is -1.90. The van der Waals surface area contributed by atoms with Crippen molar-refractivity contribution in [3.05, 3.63) is 71.8 Å². The Morgan fingerprint density at radius 1 is 0.971 bits per heavy atom. The van der Waals surface area contributed by atoms with Crippen molar-refractivity contribution in [3.8, 4) is 0 Å². The third-order valence-corrected chi connectivity index (χ3v) is 12.4. The molecule has 2 fully saturated rings. The first-order valence-electron chi connectivity index (χ1n) is 12.9. The van der Waals surface area contributed by atoms with E-state index in [0.717, 1.165) is 6.54 Å². The highest BCUT2D eigenvalue weighted by Crippen LogP contribution is 2.41. The van der Waals surface area contributed by atoms with E-state index in [9.17, 15) is 0 Å². The summed E-state index contributed by atoms with van der Waals surface area (Å²) in [4.78, 5) is 2.52. The van der Waals surface area contributed by atoms with Crippen molar-refractivity contribution >= 4 is 8.32 Å². The van der Waals surface area contributed by atoms with E-state index in [1.54, 1.807) is 0 Å². The van der Waals surface area contributed by atoms with Crippen LogP contribution in [0, 0.1) is 0 Å². The first-order valence-corrected chi connectivity index (χ1v) is 15.8. The van der Waals surface area contributed by atoms with Gasteiger partial charge in [0, 0.05) is 6.54 Å². The molecule has 192 valence electrons. The molecule has 2 aromatic carbocycles. The second-order valence-electron chi connectivity index (χ2n) is 11.9. The van der Waals surface area contributed by atoms with E-state index in [1.165, 1.54) is 11.1 Å². The minimum absolute atomic E-state index is 0.00573. The number of ether oxygens (including phenoxy) is 3.